The number of nitrogens with zero attached hydrogens (tertiary/aromatic N) is 2. The van der Waals surface area contributed by atoms with Gasteiger partial charge in [0.05, 0.1) is 62.3 Å². The summed E-state index contributed by atoms with van der Waals surface area (Å²) in [6, 6.07) is 14.8. The number of imidazole rings is 2. The van der Waals surface area contributed by atoms with Crippen molar-refractivity contribution in [1.82, 2.24) is 30.6 Å². The third kappa shape index (κ3) is 9.97. The second-order valence-electron chi connectivity index (χ2n) is 15.9. The maximum atomic E-state index is 13.1. The lowest BCUT2D eigenvalue weighted by Crippen LogP contribution is -2.52. The van der Waals surface area contributed by atoms with Crippen LogP contribution in [0.3, 0.4) is 0 Å². The van der Waals surface area contributed by atoms with Crippen molar-refractivity contribution in [2.24, 2.45) is 10.8 Å². The van der Waals surface area contributed by atoms with Crippen molar-refractivity contribution in [3.63, 3.8) is 0 Å². The quantitative estimate of drug-likeness (QED) is 0.0760. The van der Waals surface area contributed by atoms with Crippen molar-refractivity contribution in [1.29, 1.82) is 0 Å². The molecule has 0 radical (unpaired) electrons. The summed E-state index contributed by atoms with van der Waals surface area (Å²) in [6.07, 6.45) is 3.41. The summed E-state index contributed by atoms with van der Waals surface area (Å²) in [5.41, 5.74) is 1.12. The van der Waals surface area contributed by atoms with Crippen LogP contribution in [-0.4, -0.2) is 92.9 Å². The van der Waals surface area contributed by atoms with Crippen LogP contribution in [0.4, 0.5) is 8.78 Å². The number of hydrogen-bond acceptors (Lipinski definition) is 8. The first-order chi connectivity index (χ1) is 25.4. The molecule has 0 saturated carbocycles. The number of H-pyrrole nitrogens is 2. The zero-order valence-corrected chi connectivity index (χ0v) is 32.3. The van der Waals surface area contributed by atoms with E-state index in [9.17, 15) is 28.6 Å². The van der Waals surface area contributed by atoms with Crippen LogP contribution in [0.15, 0.2) is 60.9 Å². The van der Waals surface area contributed by atoms with Crippen molar-refractivity contribution < 1.29 is 38.1 Å². The molecule has 294 valence electrons. The molecule has 0 saturated heterocycles. The minimum atomic E-state index is -1.60. The zero-order valence-electron chi connectivity index (χ0n) is 32.3. The average Bonchev–Trinajstić information content (AvgIpc) is 3.84. The smallest absolute Gasteiger partial charge is 0.254 e. The van der Waals surface area contributed by atoms with Crippen LogP contribution in [0.5, 0.6) is 0 Å². The monoisotopic (exact) mass is 752 g/mol. The van der Waals surface area contributed by atoms with E-state index in [1.807, 2.05) is 90.1 Å². The first kappa shape index (κ1) is 42.2. The molecule has 0 spiro atoms. The SMILES string of the molecule is CC(CO)(OCCF)C(=O)N[C@H](c1ncc(-c2ccc(-c3ccc(-c4cnc([C@@H](NC(=O)C(C)(CO)OCCF)C(C)(C)C)[nH]4)cc3)cc2)[nH]1)C(C)(C)C. The molecule has 4 atom stereocenters. The van der Waals surface area contributed by atoms with Crippen molar-refractivity contribution in [2.45, 2.75) is 78.7 Å². The fraction of sp³-hybridized carbons (Fsp3) is 0.500. The molecule has 4 rings (SSSR count). The number of nitrogens with one attached hydrogen (secondary N) is 4. The Morgan fingerprint density at radius 3 is 1.22 bits per heavy atom. The Morgan fingerprint density at radius 2 is 0.944 bits per heavy atom. The van der Waals surface area contributed by atoms with E-state index in [-0.39, 0.29) is 13.2 Å². The maximum Gasteiger partial charge on any atom is 0.254 e. The summed E-state index contributed by atoms with van der Waals surface area (Å²) in [6.45, 7) is 11.2. The molecule has 2 unspecified atom stereocenters. The molecule has 2 aromatic heterocycles. The molecule has 12 nitrogen and oxygen atoms in total. The lowest BCUT2D eigenvalue weighted by Gasteiger charge is -2.34. The minimum absolute atomic E-state index is 0.309. The first-order valence-corrected chi connectivity index (χ1v) is 17.9. The molecule has 14 heteroatoms. The van der Waals surface area contributed by atoms with Gasteiger partial charge < -0.3 is 40.3 Å². The Kier molecular flexibility index (Phi) is 13.5. The van der Waals surface area contributed by atoms with Crippen molar-refractivity contribution >= 4 is 11.8 Å². The van der Waals surface area contributed by atoms with Gasteiger partial charge in [0.15, 0.2) is 11.2 Å². The fourth-order valence-corrected chi connectivity index (χ4v) is 5.80. The molecule has 0 aliphatic rings. The Labute approximate surface area is 315 Å². The molecule has 2 amide bonds. The maximum absolute atomic E-state index is 13.1. The second kappa shape index (κ2) is 17.3. The van der Waals surface area contributed by atoms with E-state index in [2.05, 4.69) is 30.6 Å². The van der Waals surface area contributed by atoms with E-state index in [1.54, 1.807) is 12.4 Å². The molecule has 0 bridgehead atoms. The van der Waals surface area contributed by atoms with Crippen molar-refractivity contribution in [3.8, 4) is 33.6 Å². The first-order valence-electron chi connectivity index (χ1n) is 17.9. The van der Waals surface area contributed by atoms with Crippen LogP contribution >= 0.6 is 0 Å². The van der Waals surface area contributed by atoms with Gasteiger partial charge in [-0.25, -0.2) is 18.7 Å². The number of rotatable bonds is 17. The Balaban J connectivity index is 1.48. The summed E-state index contributed by atoms with van der Waals surface area (Å²) in [5, 5.41) is 25.5. The molecule has 0 aliphatic carbocycles. The van der Waals surface area contributed by atoms with Gasteiger partial charge in [0.1, 0.15) is 25.0 Å². The topological polar surface area (TPSA) is 174 Å². The highest BCUT2D eigenvalue weighted by molar-refractivity contribution is 5.86. The number of amides is 2. The largest absolute Gasteiger partial charge is 0.393 e. The number of aliphatic hydroxyl groups excluding tert-OH is 2. The Hall–Kier alpha value is -4.50. The van der Waals surface area contributed by atoms with Gasteiger partial charge >= 0.3 is 0 Å². The number of carbonyl (C=O) groups excluding carboxylic acids is 2. The molecular weight excluding hydrogens is 698 g/mol. The highest BCUT2D eigenvalue weighted by Crippen LogP contribution is 2.35. The molecule has 4 aromatic rings. The van der Waals surface area contributed by atoms with Gasteiger partial charge in [-0.15, -0.1) is 0 Å². The van der Waals surface area contributed by atoms with E-state index in [0.29, 0.717) is 11.6 Å². The molecule has 2 aromatic carbocycles. The van der Waals surface area contributed by atoms with Gasteiger partial charge in [-0.2, -0.15) is 0 Å². The predicted molar refractivity (Wildman–Crippen MR) is 203 cm³/mol. The third-order valence-electron chi connectivity index (χ3n) is 9.31. The van der Waals surface area contributed by atoms with Gasteiger partial charge in [0, 0.05) is 0 Å². The van der Waals surface area contributed by atoms with E-state index in [0.717, 1.165) is 33.6 Å². The number of ether oxygens (including phenoxy) is 2. The van der Waals surface area contributed by atoms with Crippen molar-refractivity contribution in [2.75, 3.05) is 39.8 Å². The predicted octanol–water partition coefficient (Wildman–Crippen LogP) is 6.01. The summed E-state index contributed by atoms with van der Waals surface area (Å²) in [5.74, 6) is -0.0783. The standard InChI is InChI=1S/C40H54F2N6O6/c1-37(2,3)31(47-35(51)39(7,23-49)53-19-17-41)33-43-21-29(45-33)27-13-9-25(10-14-27)26-11-15-28(16-12-26)30-22-44-34(46-30)32(38(4,5)6)48-36(52)40(8,24-50)54-20-18-42/h9-16,21-22,31-32,49-50H,17-20,23-24H2,1-8H3,(H,43,45)(H,44,46)(H,47,51)(H,48,52)/t31-,32-,39?,40?/m1/s1. The van der Waals surface area contributed by atoms with Gasteiger partial charge in [0.2, 0.25) is 0 Å². The number of alkyl halides is 2. The third-order valence-corrected chi connectivity index (χ3v) is 9.31. The normalized spacial score (nSPS) is 15.6. The second-order valence-corrected chi connectivity index (χ2v) is 15.9. The van der Waals surface area contributed by atoms with Crippen LogP contribution in [0.2, 0.25) is 0 Å². The Bertz CT molecular complexity index is 1700. The van der Waals surface area contributed by atoms with Crippen LogP contribution in [-0.2, 0) is 19.1 Å². The highest BCUT2D eigenvalue weighted by Gasteiger charge is 2.40. The van der Waals surface area contributed by atoms with Gasteiger partial charge in [0.25, 0.3) is 11.8 Å². The van der Waals surface area contributed by atoms with Crippen LogP contribution < -0.4 is 10.6 Å². The van der Waals surface area contributed by atoms with E-state index in [4.69, 9.17) is 9.47 Å². The van der Waals surface area contributed by atoms with Gasteiger partial charge in [-0.1, -0.05) is 90.1 Å². The molecule has 2 heterocycles. The average molecular weight is 753 g/mol. The Morgan fingerprint density at radius 1 is 0.630 bits per heavy atom. The number of benzene rings is 2. The number of halogens is 2. The summed E-state index contributed by atoms with van der Waals surface area (Å²) in [7, 11) is 0. The van der Waals surface area contributed by atoms with Gasteiger partial charge in [-0.3, -0.25) is 9.59 Å². The van der Waals surface area contributed by atoms with Crippen LogP contribution in [0, 0.1) is 10.8 Å². The van der Waals surface area contributed by atoms with Crippen molar-refractivity contribution in [3.05, 3.63) is 72.6 Å². The van der Waals surface area contributed by atoms with E-state index < -0.39 is 72.5 Å². The summed E-state index contributed by atoms with van der Waals surface area (Å²) < 4.78 is 36.2. The molecule has 54 heavy (non-hydrogen) atoms. The number of aliphatic hydroxyl groups is 2. The van der Waals surface area contributed by atoms with Crippen LogP contribution in [0.1, 0.15) is 79.1 Å². The lowest BCUT2D eigenvalue weighted by atomic mass is 9.85. The fourth-order valence-electron chi connectivity index (χ4n) is 5.80. The highest BCUT2D eigenvalue weighted by atomic mass is 19.1. The minimum Gasteiger partial charge on any atom is -0.393 e. The molecule has 6 N–H and O–H groups in total. The van der Waals surface area contributed by atoms with Crippen LogP contribution in [0.25, 0.3) is 33.6 Å². The zero-order chi connectivity index (χ0) is 39.9. The van der Waals surface area contributed by atoms with E-state index in [1.165, 1.54) is 13.8 Å². The number of aromatic nitrogens is 4. The lowest BCUT2D eigenvalue weighted by molar-refractivity contribution is -0.153. The molecule has 0 aliphatic heterocycles. The van der Waals surface area contributed by atoms with Gasteiger partial charge in [-0.05, 0) is 46.9 Å². The number of carbonyl (C=O) groups is 2. The number of aromatic amines is 2. The summed E-state index contributed by atoms with van der Waals surface area (Å²) >= 11 is 0. The number of hydrogen-bond donors (Lipinski definition) is 6. The summed E-state index contributed by atoms with van der Waals surface area (Å²) in [4.78, 5) is 42.1. The van der Waals surface area contributed by atoms with E-state index >= 15 is 0 Å². The molecular formula is C40H54F2N6O6. The molecule has 0 fully saturated rings.